The zero-order valence-electron chi connectivity index (χ0n) is 14.6. The lowest BCUT2D eigenvalue weighted by atomic mass is 10.2. The highest BCUT2D eigenvalue weighted by atomic mass is 32.2. The molecule has 0 saturated heterocycles. The van der Waals surface area contributed by atoms with Gasteiger partial charge in [-0.3, -0.25) is 4.79 Å². The number of aromatic nitrogens is 2. The Kier molecular flexibility index (Phi) is 4.66. The molecule has 1 amide bonds. The summed E-state index contributed by atoms with van der Waals surface area (Å²) in [7, 11) is -3.68. The van der Waals surface area contributed by atoms with Crippen molar-refractivity contribution in [1.82, 2.24) is 9.97 Å². The van der Waals surface area contributed by atoms with Crippen LogP contribution in [0.25, 0.3) is 0 Å². The van der Waals surface area contributed by atoms with E-state index in [9.17, 15) is 13.2 Å². The summed E-state index contributed by atoms with van der Waals surface area (Å²) in [6.07, 6.45) is 1.39. The van der Waals surface area contributed by atoms with E-state index in [1.807, 2.05) is 6.07 Å². The molecule has 1 N–H and O–H groups in total. The maximum atomic E-state index is 12.7. The van der Waals surface area contributed by atoms with E-state index < -0.39 is 10.0 Å². The van der Waals surface area contributed by atoms with Gasteiger partial charge in [-0.15, -0.1) is 0 Å². The first kappa shape index (κ1) is 17.9. The van der Waals surface area contributed by atoms with Crippen LogP contribution in [0.15, 0.2) is 71.8 Å². The number of benzene rings is 2. The summed E-state index contributed by atoms with van der Waals surface area (Å²) in [6.45, 7) is -0.116. The molecule has 0 fully saturated rings. The molecule has 2 aromatic carbocycles. The number of carbonyl (C=O) groups excluding carboxylic acids is 1. The van der Waals surface area contributed by atoms with Gasteiger partial charge in [0.2, 0.25) is 0 Å². The summed E-state index contributed by atoms with van der Waals surface area (Å²) < 4.78 is 32.0. The van der Waals surface area contributed by atoms with Crippen molar-refractivity contribution in [3.8, 4) is 6.01 Å². The molecule has 0 spiro atoms. The van der Waals surface area contributed by atoms with Crippen LogP contribution >= 0.6 is 0 Å². The zero-order chi connectivity index (χ0) is 19.6. The molecular formula is C19H16N4O4S. The second kappa shape index (κ2) is 7.28. The number of nitrogens with one attached hydrogen (secondary N) is 1. The number of carbonyl (C=O) groups is 1. The minimum Gasteiger partial charge on any atom is -0.453 e. The van der Waals surface area contributed by atoms with Crippen LogP contribution in [0, 0.1) is 0 Å². The quantitative estimate of drug-likeness (QED) is 0.709. The Morgan fingerprint density at radius 3 is 2.61 bits per heavy atom. The van der Waals surface area contributed by atoms with Crippen molar-refractivity contribution < 1.29 is 17.9 Å². The standard InChI is InChI=1S/C19H16N4O4S/c24-18(21-15-7-2-1-3-8-15)13-27-19-20-11-10-17(22-19)23-12-14-6-4-5-9-16(14)28(23,25)26/h1-11H,12-13H2,(H,21,24). The molecule has 0 unspecified atom stereocenters. The SMILES string of the molecule is O=C(COc1nccc(N2Cc3ccccc3S2(=O)=O)n1)Nc1ccccc1. The van der Waals surface area contributed by atoms with E-state index >= 15 is 0 Å². The van der Waals surface area contributed by atoms with Crippen LogP contribution in [0.3, 0.4) is 0 Å². The third-order valence-electron chi connectivity index (χ3n) is 4.12. The van der Waals surface area contributed by atoms with Crippen molar-refractivity contribution >= 4 is 27.4 Å². The van der Waals surface area contributed by atoms with Crippen LogP contribution in [0.2, 0.25) is 0 Å². The Labute approximate surface area is 161 Å². The van der Waals surface area contributed by atoms with Crippen molar-refractivity contribution in [2.24, 2.45) is 0 Å². The lowest BCUT2D eigenvalue weighted by Crippen LogP contribution is -2.25. The molecule has 0 bridgehead atoms. The number of ether oxygens (including phenoxy) is 1. The molecule has 2 heterocycles. The van der Waals surface area contributed by atoms with Crippen LogP contribution in [0.5, 0.6) is 6.01 Å². The van der Waals surface area contributed by atoms with Gasteiger partial charge in [0.1, 0.15) is 5.82 Å². The molecular weight excluding hydrogens is 380 g/mol. The van der Waals surface area contributed by atoms with Crippen LogP contribution < -0.4 is 14.4 Å². The van der Waals surface area contributed by atoms with Gasteiger partial charge in [-0.05, 0) is 23.8 Å². The molecule has 9 heteroatoms. The Bertz CT molecular complexity index is 1120. The van der Waals surface area contributed by atoms with E-state index in [-0.39, 0.29) is 35.8 Å². The second-order valence-corrected chi connectivity index (χ2v) is 7.85. The Hall–Kier alpha value is -3.46. The van der Waals surface area contributed by atoms with E-state index in [1.54, 1.807) is 48.5 Å². The van der Waals surface area contributed by atoms with E-state index in [2.05, 4.69) is 15.3 Å². The van der Waals surface area contributed by atoms with Gasteiger partial charge in [0.15, 0.2) is 6.61 Å². The Morgan fingerprint density at radius 1 is 1.07 bits per heavy atom. The Balaban J connectivity index is 1.46. The van der Waals surface area contributed by atoms with E-state index in [0.29, 0.717) is 11.3 Å². The van der Waals surface area contributed by atoms with Gasteiger partial charge >= 0.3 is 6.01 Å². The van der Waals surface area contributed by atoms with Gasteiger partial charge in [0, 0.05) is 18.0 Å². The maximum absolute atomic E-state index is 12.7. The predicted molar refractivity (Wildman–Crippen MR) is 102 cm³/mol. The van der Waals surface area contributed by atoms with E-state index in [0.717, 1.165) is 0 Å². The summed E-state index contributed by atoms with van der Waals surface area (Å²) in [4.78, 5) is 20.3. The zero-order valence-corrected chi connectivity index (χ0v) is 15.5. The summed E-state index contributed by atoms with van der Waals surface area (Å²) in [5.74, 6) is -0.189. The number of nitrogens with zero attached hydrogens (tertiary/aromatic N) is 3. The number of amides is 1. The van der Waals surface area contributed by atoms with Crippen molar-refractivity contribution in [2.45, 2.75) is 11.4 Å². The molecule has 1 aromatic heterocycles. The first-order valence-electron chi connectivity index (χ1n) is 8.45. The molecule has 1 aliphatic rings. The molecule has 0 aliphatic carbocycles. The topological polar surface area (TPSA) is 101 Å². The summed E-state index contributed by atoms with van der Waals surface area (Å²) >= 11 is 0. The number of sulfonamides is 1. The van der Waals surface area contributed by atoms with E-state index in [1.165, 1.54) is 16.6 Å². The van der Waals surface area contributed by atoms with E-state index in [4.69, 9.17) is 4.74 Å². The summed E-state index contributed by atoms with van der Waals surface area (Å²) in [5.41, 5.74) is 1.34. The lowest BCUT2D eigenvalue weighted by molar-refractivity contribution is -0.118. The fraction of sp³-hybridized carbons (Fsp3) is 0.105. The molecule has 1 aliphatic heterocycles. The van der Waals surface area contributed by atoms with Gasteiger partial charge in [0.05, 0.1) is 11.4 Å². The van der Waals surface area contributed by atoms with Gasteiger partial charge < -0.3 is 10.1 Å². The predicted octanol–water partition coefficient (Wildman–Crippen LogP) is 2.20. The smallest absolute Gasteiger partial charge is 0.318 e. The normalized spacial score (nSPS) is 14.4. The van der Waals surface area contributed by atoms with Gasteiger partial charge in [-0.25, -0.2) is 17.7 Å². The molecule has 4 rings (SSSR count). The first-order chi connectivity index (χ1) is 13.5. The molecule has 0 saturated carbocycles. The van der Waals surface area contributed by atoms with Crippen LogP contribution in [-0.2, 0) is 21.4 Å². The van der Waals surface area contributed by atoms with Crippen LogP contribution in [0.4, 0.5) is 11.5 Å². The van der Waals surface area contributed by atoms with Crippen LogP contribution in [-0.4, -0.2) is 30.9 Å². The lowest BCUT2D eigenvalue weighted by Gasteiger charge is -2.16. The van der Waals surface area contributed by atoms with Crippen molar-refractivity contribution in [2.75, 3.05) is 16.2 Å². The Morgan fingerprint density at radius 2 is 1.82 bits per heavy atom. The molecule has 0 radical (unpaired) electrons. The highest BCUT2D eigenvalue weighted by molar-refractivity contribution is 7.93. The third kappa shape index (κ3) is 3.52. The fourth-order valence-electron chi connectivity index (χ4n) is 2.84. The highest BCUT2D eigenvalue weighted by Gasteiger charge is 2.35. The van der Waals surface area contributed by atoms with Crippen LogP contribution in [0.1, 0.15) is 5.56 Å². The van der Waals surface area contributed by atoms with Crippen molar-refractivity contribution in [3.63, 3.8) is 0 Å². The monoisotopic (exact) mass is 396 g/mol. The number of hydrogen-bond acceptors (Lipinski definition) is 6. The fourth-order valence-corrected chi connectivity index (χ4v) is 4.45. The average Bonchev–Trinajstić information content (AvgIpc) is 2.98. The second-order valence-electron chi connectivity index (χ2n) is 6.02. The molecule has 142 valence electrons. The summed E-state index contributed by atoms with van der Waals surface area (Å²) in [6, 6.07) is 17.2. The maximum Gasteiger partial charge on any atom is 0.318 e. The molecule has 0 atom stereocenters. The van der Waals surface area contributed by atoms with Gasteiger partial charge in [-0.1, -0.05) is 36.4 Å². The molecule has 3 aromatic rings. The van der Waals surface area contributed by atoms with Gasteiger partial charge in [0.25, 0.3) is 15.9 Å². The summed E-state index contributed by atoms with van der Waals surface area (Å²) in [5, 5.41) is 2.68. The van der Waals surface area contributed by atoms with Crippen molar-refractivity contribution in [1.29, 1.82) is 0 Å². The molecule has 8 nitrogen and oxygen atoms in total. The number of para-hydroxylation sites is 1. The molecule has 28 heavy (non-hydrogen) atoms. The number of hydrogen-bond donors (Lipinski definition) is 1. The third-order valence-corrected chi connectivity index (χ3v) is 5.97. The highest BCUT2D eigenvalue weighted by Crippen LogP contribution is 2.33. The minimum absolute atomic E-state index is 0.0770. The number of fused-ring (bicyclic) bond motifs is 1. The van der Waals surface area contributed by atoms with Gasteiger partial charge in [-0.2, -0.15) is 4.98 Å². The number of anilines is 2. The minimum atomic E-state index is -3.68. The van der Waals surface area contributed by atoms with Crippen molar-refractivity contribution in [3.05, 3.63) is 72.4 Å². The average molecular weight is 396 g/mol. The largest absolute Gasteiger partial charge is 0.453 e. The first-order valence-corrected chi connectivity index (χ1v) is 9.89. The number of rotatable bonds is 5.